The van der Waals surface area contributed by atoms with Crippen LogP contribution in [-0.4, -0.2) is 49.8 Å². The van der Waals surface area contributed by atoms with Crippen LogP contribution in [0.1, 0.15) is 25.5 Å². The molecule has 29 heavy (non-hydrogen) atoms. The van der Waals surface area contributed by atoms with Gasteiger partial charge in [-0.25, -0.2) is 9.37 Å². The average Bonchev–Trinajstić information content (AvgIpc) is 3.37. The van der Waals surface area contributed by atoms with Crippen molar-refractivity contribution >= 4 is 35.8 Å². The van der Waals surface area contributed by atoms with E-state index in [9.17, 15) is 4.39 Å². The average molecular weight is 517 g/mol. The lowest BCUT2D eigenvalue weighted by atomic mass is 10.3. The van der Waals surface area contributed by atoms with E-state index in [0.29, 0.717) is 32.1 Å². The van der Waals surface area contributed by atoms with Crippen molar-refractivity contribution in [3.05, 3.63) is 48.3 Å². The summed E-state index contributed by atoms with van der Waals surface area (Å²) >= 11 is 0. The van der Waals surface area contributed by atoms with E-state index < -0.39 is 0 Å². The molecule has 1 aliphatic rings. The van der Waals surface area contributed by atoms with Crippen LogP contribution in [0, 0.1) is 5.82 Å². The van der Waals surface area contributed by atoms with Gasteiger partial charge in [0.1, 0.15) is 12.4 Å². The number of anilines is 1. The molecule has 1 aliphatic heterocycles. The van der Waals surface area contributed by atoms with Gasteiger partial charge in [-0.3, -0.25) is 4.99 Å². The Bertz CT molecular complexity index is 744. The normalized spacial score (nSPS) is 16.6. The summed E-state index contributed by atoms with van der Waals surface area (Å²) in [7, 11) is 0. The van der Waals surface area contributed by atoms with Gasteiger partial charge in [-0.15, -0.1) is 24.0 Å². The van der Waals surface area contributed by atoms with E-state index >= 15 is 0 Å². The number of nitrogens with one attached hydrogen (secondary N) is 2. The molecule has 2 aromatic rings. The topological polar surface area (TPSA) is 74.9 Å². The Morgan fingerprint density at radius 1 is 1.41 bits per heavy atom. The van der Waals surface area contributed by atoms with E-state index in [1.54, 1.807) is 18.5 Å². The molecule has 9 heteroatoms. The van der Waals surface area contributed by atoms with Crippen molar-refractivity contribution < 1.29 is 13.5 Å². The molecule has 1 unspecified atom stereocenters. The predicted octanol–water partition coefficient (Wildman–Crippen LogP) is 3.17. The molecule has 3 rings (SSSR count). The smallest absolute Gasteiger partial charge is 0.191 e. The molecule has 2 N–H and O–H groups in total. The minimum absolute atomic E-state index is 0. The van der Waals surface area contributed by atoms with Gasteiger partial charge in [-0.2, -0.15) is 0 Å². The Labute approximate surface area is 188 Å². The van der Waals surface area contributed by atoms with Gasteiger partial charge in [-0.05, 0) is 44.0 Å². The molecule has 1 saturated heterocycles. The molecular weight excluding hydrogens is 488 g/mol. The third kappa shape index (κ3) is 7.46. The maximum Gasteiger partial charge on any atom is 0.191 e. The fourth-order valence-electron chi connectivity index (χ4n) is 3.12. The molecule has 0 bridgehead atoms. The fraction of sp³-hybridized carbons (Fsp3) is 0.500. The summed E-state index contributed by atoms with van der Waals surface area (Å²) in [6.07, 6.45) is 5.00. The number of pyridine rings is 1. The number of aliphatic imine (C=N–C) groups is 1. The van der Waals surface area contributed by atoms with Gasteiger partial charge in [0.2, 0.25) is 0 Å². The Kier molecular flexibility index (Phi) is 10.2. The monoisotopic (exact) mass is 517 g/mol. The van der Waals surface area contributed by atoms with Crippen LogP contribution >= 0.6 is 24.0 Å². The Morgan fingerprint density at radius 2 is 2.31 bits per heavy atom. The molecule has 0 spiro atoms. The lowest BCUT2D eigenvalue weighted by Crippen LogP contribution is -2.44. The van der Waals surface area contributed by atoms with Crippen LogP contribution in [0.5, 0.6) is 0 Å². The maximum absolute atomic E-state index is 13.9. The third-order valence-corrected chi connectivity index (χ3v) is 4.45. The number of furan rings is 1. The van der Waals surface area contributed by atoms with Crippen molar-refractivity contribution in [2.75, 3.05) is 37.7 Å². The number of guanidine groups is 1. The molecule has 160 valence electrons. The molecule has 0 amide bonds. The lowest BCUT2D eigenvalue weighted by Gasteiger charge is -2.19. The van der Waals surface area contributed by atoms with E-state index in [4.69, 9.17) is 9.15 Å². The van der Waals surface area contributed by atoms with Gasteiger partial charge < -0.3 is 24.7 Å². The SMILES string of the molecule is CCNC(=NCCCOCc1ccco1)NC1CCN(c2ncccc2F)C1.I. The van der Waals surface area contributed by atoms with Crippen LogP contribution in [0.4, 0.5) is 10.2 Å². The zero-order valence-corrected chi connectivity index (χ0v) is 19.0. The zero-order chi connectivity index (χ0) is 19.6. The molecule has 7 nitrogen and oxygen atoms in total. The molecule has 1 atom stereocenters. The van der Waals surface area contributed by atoms with Gasteiger partial charge in [0.25, 0.3) is 0 Å². The summed E-state index contributed by atoms with van der Waals surface area (Å²) < 4.78 is 24.7. The summed E-state index contributed by atoms with van der Waals surface area (Å²) in [5.41, 5.74) is 0. The van der Waals surface area contributed by atoms with Crippen LogP contribution in [0.2, 0.25) is 0 Å². The molecule has 0 radical (unpaired) electrons. The molecule has 3 heterocycles. The third-order valence-electron chi connectivity index (χ3n) is 4.45. The largest absolute Gasteiger partial charge is 0.467 e. The second kappa shape index (κ2) is 12.6. The number of ether oxygens (including phenoxy) is 1. The van der Waals surface area contributed by atoms with Crippen molar-refractivity contribution in [2.24, 2.45) is 4.99 Å². The summed E-state index contributed by atoms with van der Waals surface area (Å²) in [5.74, 6) is 1.75. The van der Waals surface area contributed by atoms with E-state index in [-0.39, 0.29) is 35.8 Å². The Morgan fingerprint density at radius 3 is 3.07 bits per heavy atom. The molecule has 0 saturated carbocycles. The molecular formula is C20H29FIN5O2. The van der Waals surface area contributed by atoms with E-state index in [1.165, 1.54) is 6.07 Å². The van der Waals surface area contributed by atoms with Crippen LogP contribution in [0.15, 0.2) is 46.1 Å². The number of hydrogen-bond donors (Lipinski definition) is 2. The summed E-state index contributed by atoms with van der Waals surface area (Å²) in [5, 5.41) is 6.70. The first-order valence-corrected chi connectivity index (χ1v) is 9.76. The van der Waals surface area contributed by atoms with Crippen LogP contribution < -0.4 is 15.5 Å². The van der Waals surface area contributed by atoms with Gasteiger partial charge in [-0.1, -0.05) is 0 Å². The van der Waals surface area contributed by atoms with E-state index in [1.807, 2.05) is 24.0 Å². The van der Waals surface area contributed by atoms with Gasteiger partial charge >= 0.3 is 0 Å². The second-order valence-electron chi connectivity index (χ2n) is 6.63. The Balaban J connectivity index is 0.00000300. The standard InChI is InChI=1S/C20H28FN5O2.HI/c1-2-22-20(24-10-5-12-27-15-17-6-4-13-28-17)25-16-8-11-26(14-16)19-18(21)7-3-9-23-19;/h3-4,6-7,9,13,16H,2,5,8,10-12,14-15H2,1H3,(H2,22,24,25);1H. The van der Waals surface area contributed by atoms with Gasteiger partial charge in [0, 0.05) is 45.0 Å². The minimum Gasteiger partial charge on any atom is -0.467 e. The van der Waals surface area contributed by atoms with Crippen LogP contribution in [0.3, 0.4) is 0 Å². The number of aromatic nitrogens is 1. The van der Waals surface area contributed by atoms with E-state index in [2.05, 4.69) is 20.6 Å². The molecule has 2 aromatic heterocycles. The highest BCUT2D eigenvalue weighted by molar-refractivity contribution is 14.0. The van der Waals surface area contributed by atoms with Crippen molar-refractivity contribution in [3.63, 3.8) is 0 Å². The first-order chi connectivity index (χ1) is 13.8. The Hall–Kier alpha value is -1.88. The second-order valence-corrected chi connectivity index (χ2v) is 6.63. The minimum atomic E-state index is -0.279. The lowest BCUT2D eigenvalue weighted by molar-refractivity contribution is 0.105. The summed E-state index contributed by atoms with van der Waals surface area (Å²) in [6.45, 7) is 6.06. The van der Waals surface area contributed by atoms with Crippen molar-refractivity contribution in [2.45, 2.75) is 32.4 Å². The highest BCUT2D eigenvalue weighted by atomic mass is 127. The number of nitrogens with zero attached hydrogens (tertiary/aromatic N) is 3. The van der Waals surface area contributed by atoms with Crippen LogP contribution in [-0.2, 0) is 11.3 Å². The highest BCUT2D eigenvalue weighted by Crippen LogP contribution is 2.20. The molecule has 0 aliphatic carbocycles. The number of rotatable bonds is 9. The first kappa shape index (κ1) is 23.4. The zero-order valence-electron chi connectivity index (χ0n) is 16.6. The van der Waals surface area contributed by atoms with Gasteiger partial charge in [0.15, 0.2) is 17.6 Å². The van der Waals surface area contributed by atoms with E-state index in [0.717, 1.165) is 37.7 Å². The highest BCUT2D eigenvalue weighted by Gasteiger charge is 2.25. The van der Waals surface area contributed by atoms with Crippen molar-refractivity contribution in [1.82, 2.24) is 15.6 Å². The van der Waals surface area contributed by atoms with Crippen LogP contribution in [0.25, 0.3) is 0 Å². The number of hydrogen-bond acceptors (Lipinski definition) is 5. The van der Waals surface area contributed by atoms with Gasteiger partial charge in [0.05, 0.1) is 6.26 Å². The number of halogens is 2. The maximum atomic E-state index is 13.9. The molecule has 0 aromatic carbocycles. The fourth-order valence-corrected chi connectivity index (χ4v) is 3.12. The summed E-state index contributed by atoms with van der Waals surface area (Å²) in [6, 6.07) is 7.01. The predicted molar refractivity (Wildman–Crippen MR) is 122 cm³/mol. The quantitative estimate of drug-likeness (QED) is 0.231. The first-order valence-electron chi connectivity index (χ1n) is 9.76. The summed E-state index contributed by atoms with van der Waals surface area (Å²) in [4.78, 5) is 10.7. The van der Waals surface area contributed by atoms with Crippen molar-refractivity contribution in [3.8, 4) is 0 Å². The molecule has 1 fully saturated rings. The van der Waals surface area contributed by atoms with Crippen molar-refractivity contribution in [1.29, 1.82) is 0 Å².